The maximum atomic E-state index is 11.0. The van der Waals surface area contributed by atoms with Crippen LogP contribution in [0.1, 0.15) is 10.4 Å². The Balaban J connectivity index is 2.37. The first-order chi connectivity index (χ1) is 9.02. The largest absolute Gasteiger partial charge is 0.423 e. The number of aliphatic hydroxyl groups excluding tert-OH is 1. The van der Waals surface area contributed by atoms with Gasteiger partial charge in [-0.2, -0.15) is 4.98 Å². The minimum Gasteiger partial charge on any atom is -0.423 e. The summed E-state index contributed by atoms with van der Waals surface area (Å²) in [6.07, 6.45) is 0. The summed E-state index contributed by atoms with van der Waals surface area (Å²) >= 11 is 6.81. The lowest BCUT2D eigenvalue weighted by atomic mass is 10.2. The van der Waals surface area contributed by atoms with Gasteiger partial charge < -0.3 is 9.84 Å². The summed E-state index contributed by atoms with van der Waals surface area (Å²) in [4.78, 5) is 14.8. The third-order valence-electron chi connectivity index (χ3n) is 2.35. The van der Waals surface area contributed by atoms with Gasteiger partial charge in [0.05, 0.1) is 16.4 Å². The average Bonchev–Trinajstić information content (AvgIpc) is 2.69. The molecule has 0 atom stereocenters. The molecule has 8 heteroatoms. The van der Waals surface area contributed by atoms with Gasteiger partial charge in [-0.15, -0.1) is 0 Å². The molecule has 0 fully saturated rings. The van der Waals surface area contributed by atoms with Crippen LogP contribution in [-0.4, -0.2) is 15.0 Å². The van der Waals surface area contributed by atoms with Crippen molar-refractivity contribution in [1.82, 2.24) is 4.98 Å². The maximum Gasteiger partial charge on any atom is 0.314 e. The fourth-order valence-corrected chi connectivity index (χ4v) is 2.47. The Morgan fingerprint density at radius 3 is 2.89 bits per heavy atom. The van der Waals surface area contributed by atoms with E-state index >= 15 is 0 Å². The van der Waals surface area contributed by atoms with Crippen LogP contribution in [0.3, 0.4) is 0 Å². The SMILES string of the molecule is Cc1cccc(Oc2nc(Cl)c(CO)s2)c1[N+](=O)[O-]. The van der Waals surface area contributed by atoms with Crippen LogP contribution in [0.4, 0.5) is 5.69 Å². The predicted molar refractivity (Wildman–Crippen MR) is 71.0 cm³/mol. The van der Waals surface area contributed by atoms with Crippen molar-refractivity contribution < 1.29 is 14.8 Å². The Morgan fingerprint density at radius 1 is 1.58 bits per heavy atom. The molecule has 0 aliphatic heterocycles. The third-order valence-corrected chi connectivity index (χ3v) is 3.70. The lowest BCUT2D eigenvalue weighted by Crippen LogP contribution is -1.95. The molecule has 1 aromatic carbocycles. The van der Waals surface area contributed by atoms with E-state index in [2.05, 4.69) is 4.98 Å². The molecule has 0 unspecified atom stereocenters. The summed E-state index contributed by atoms with van der Waals surface area (Å²) in [5.41, 5.74) is 0.381. The van der Waals surface area contributed by atoms with Gasteiger partial charge in [-0.1, -0.05) is 35.1 Å². The Labute approximate surface area is 117 Å². The molecule has 100 valence electrons. The smallest absolute Gasteiger partial charge is 0.314 e. The molecule has 1 N–H and O–H groups in total. The van der Waals surface area contributed by atoms with Gasteiger partial charge in [0.25, 0.3) is 5.19 Å². The van der Waals surface area contributed by atoms with Crippen molar-refractivity contribution in [2.45, 2.75) is 13.5 Å². The number of halogens is 1. The summed E-state index contributed by atoms with van der Waals surface area (Å²) in [6, 6.07) is 4.76. The number of nitro benzene ring substituents is 1. The highest BCUT2D eigenvalue weighted by Crippen LogP contribution is 2.37. The molecule has 0 amide bonds. The number of ether oxygens (including phenoxy) is 1. The lowest BCUT2D eigenvalue weighted by Gasteiger charge is -2.04. The number of para-hydroxylation sites is 1. The van der Waals surface area contributed by atoms with Crippen molar-refractivity contribution in [3.63, 3.8) is 0 Å². The molecule has 0 saturated carbocycles. The van der Waals surface area contributed by atoms with Crippen molar-refractivity contribution >= 4 is 28.6 Å². The van der Waals surface area contributed by atoms with E-state index in [9.17, 15) is 10.1 Å². The second-order valence-electron chi connectivity index (χ2n) is 3.63. The number of rotatable bonds is 4. The van der Waals surface area contributed by atoms with Crippen LogP contribution >= 0.6 is 22.9 Å². The number of benzene rings is 1. The monoisotopic (exact) mass is 300 g/mol. The minimum absolute atomic E-state index is 0.0971. The molecule has 0 aliphatic carbocycles. The van der Waals surface area contributed by atoms with Crippen LogP contribution in [0.15, 0.2) is 18.2 Å². The summed E-state index contributed by atoms with van der Waals surface area (Å²) in [5, 5.41) is 20.3. The average molecular weight is 301 g/mol. The molecule has 0 saturated heterocycles. The molecule has 0 spiro atoms. The number of nitro groups is 1. The first kappa shape index (κ1) is 13.7. The lowest BCUT2D eigenvalue weighted by molar-refractivity contribution is -0.386. The summed E-state index contributed by atoms with van der Waals surface area (Å²) in [6.45, 7) is 1.37. The van der Waals surface area contributed by atoms with Crippen molar-refractivity contribution in [3.8, 4) is 10.9 Å². The molecule has 1 heterocycles. The first-order valence-electron chi connectivity index (χ1n) is 5.21. The van der Waals surface area contributed by atoms with Gasteiger partial charge in [0, 0.05) is 5.56 Å². The second-order valence-corrected chi connectivity index (χ2v) is 5.04. The minimum atomic E-state index is -0.507. The van der Waals surface area contributed by atoms with E-state index in [4.69, 9.17) is 21.4 Å². The van der Waals surface area contributed by atoms with Gasteiger partial charge in [-0.25, -0.2) is 0 Å². The van der Waals surface area contributed by atoms with E-state index in [-0.39, 0.29) is 28.4 Å². The van der Waals surface area contributed by atoms with Gasteiger partial charge in [-0.05, 0) is 13.0 Å². The number of hydrogen-bond donors (Lipinski definition) is 1. The van der Waals surface area contributed by atoms with Gasteiger partial charge in [0.2, 0.25) is 5.75 Å². The highest BCUT2D eigenvalue weighted by molar-refractivity contribution is 7.13. The van der Waals surface area contributed by atoms with Crippen LogP contribution in [0.25, 0.3) is 0 Å². The van der Waals surface area contributed by atoms with E-state index in [1.54, 1.807) is 19.1 Å². The predicted octanol–water partition coefficient (Wildman–Crippen LogP) is 3.30. The van der Waals surface area contributed by atoms with Crippen LogP contribution in [0.5, 0.6) is 10.9 Å². The van der Waals surface area contributed by atoms with Crippen molar-refractivity contribution in [2.75, 3.05) is 0 Å². The first-order valence-corrected chi connectivity index (χ1v) is 6.40. The van der Waals surface area contributed by atoms with E-state index in [0.717, 1.165) is 11.3 Å². The van der Waals surface area contributed by atoms with E-state index in [1.165, 1.54) is 6.07 Å². The quantitative estimate of drug-likeness (QED) is 0.691. The molecule has 1 aromatic heterocycles. The van der Waals surface area contributed by atoms with Crippen LogP contribution < -0.4 is 4.74 Å². The second kappa shape index (κ2) is 5.52. The summed E-state index contributed by atoms with van der Waals surface area (Å²) in [7, 11) is 0. The highest BCUT2D eigenvalue weighted by Gasteiger charge is 2.20. The van der Waals surface area contributed by atoms with Crippen LogP contribution in [-0.2, 0) is 6.61 Å². The molecule has 19 heavy (non-hydrogen) atoms. The third kappa shape index (κ3) is 2.83. The fraction of sp³-hybridized carbons (Fsp3) is 0.182. The number of hydrogen-bond acceptors (Lipinski definition) is 6. The Morgan fingerprint density at radius 2 is 2.32 bits per heavy atom. The van der Waals surface area contributed by atoms with Crippen molar-refractivity contribution in [1.29, 1.82) is 0 Å². The van der Waals surface area contributed by atoms with E-state index < -0.39 is 4.92 Å². The molecule has 2 rings (SSSR count). The number of aryl methyl sites for hydroxylation is 1. The molecule has 6 nitrogen and oxygen atoms in total. The number of aliphatic hydroxyl groups is 1. The highest BCUT2D eigenvalue weighted by atomic mass is 35.5. The summed E-state index contributed by atoms with van der Waals surface area (Å²) < 4.78 is 5.39. The Hall–Kier alpha value is -1.70. The van der Waals surface area contributed by atoms with Gasteiger partial charge in [0.1, 0.15) is 5.15 Å². The molecular formula is C11H9ClN2O4S. The normalized spacial score (nSPS) is 10.5. The zero-order valence-corrected chi connectivity index (χ0v) is 11.4. The Bertz CT molecular complexity index is 629. The fourth-order valence-electron chi connectivity index (χ4n) is 1.50. The Kier molecular flexibility index (Phi) is 3.98. The number of aromatic nitrogens is 1. The van der Waals surface area contributed by atoms with Crippen molar-refractivity contribution in [3.05, 3.63) is 43.9 Å². The van der Waals surface area contributed by atoms with Crippen molar-refractivity contribution in [2.24, 2.45) is 0 Å². The zero-order valence-electron chi connectivity index (χ0n) is 9.79. The standard InChI is InChI=1S/C11H9ClN2O4S/c1-6-3-2-4-7(9(6)14(16)17)18-11-13-10(12)8(5-15)19-11/h2-4,15H,5H2,1H3. The molecule has 2 aromatic rings. The topological polar surface area (TPSA) is 85.5 Å². The number of nitrogens with zero attached hydrogens (tertiary/aromatic N) is 2. The maximum absolute atomic E-state index is 11.0. The summed E-state index contributed by atoms with van der Waals surface area (Å²) in [5.74, 6) is 0.0971. The number of thiazole rings is 1. The molecule has 0 bridgehead atoms. The van der Waals surface area contributed by atoms with Gasteiger partial charge >= 0.3 is 5.69 Å². The van der Waals surface area contributed by atoms with Crippen LogP contribution in [0.2, 0.25) is 5.15 Å². The molecule has 0 aliphatic rings. The van der Waals surface area contributed by atoms with E-state index in [0.29, 0.717) is 10.4 Å². The molecule has 0 radical (unpaired) electrons. The molecular weight excluding hydrogens is 292 g/mol. The van der Waals surface area contributed by atoms with Gasteiger partial charge in [0.15, 0.2) is 0 Å². The van der Waals surface area contributed by atoms with E-state index in [1.807, 2.05) is 0 Å². The van der Waals surface area contributed by atoms with Crippen LogP contribution in [0, 0.1) is 17.0 Å². The zero-order chi connectivity index (χ0) is 14.0. The van der Waals surface area contributed by atoms with Gasteiger partial charge in [-0.3, -0.25) is 10.1 Å².